The Hall–Kier alpha value is -2.15. The summed E-state index contributed by atoms with van der Waals surface area (Å²) in [4.78, 5) is 23.6. The summed E-state index contributed by atoms with van der Waals surface area (Å²) in [5, 5.41) is 0.850. The third-order valence-electron chi connectivity index (χ3n) is 4.13. The third-order valence-corrected chi connectivity index (χ3v) is 4.67. The zero-order chi connectivity index (χ0) is 17.2. The van der Waals surface area contributed by atoms with Gasteiger partial charge in [-0.05, 0) is 18.1 Å². The average molecular weight is 373 g/mol. The second-order valence-corrected chi connectivity index (χ2v) is 6.58. The molecule has 0 N–H and O–H groups in total. The minimum absolute atomic E-state index is 0.403. The third kappa shape index (κ3) is 3.61. The molecule has 0 amide bonds. The molecule has 0 unspecified atom stereocenters. The van der Waals surface area contributed by atoms with Crippen molar-refractivity contribution in [3.63, 3.8) is 0 Å². The summed E-state index contributed by atoms with van der Waals surface area (Å²) >= 11 is 12.1. The summed E-state index contributed by atoms with van der Waals surface area (Å²) in [6.45, 7) is 2.36. The standard InChI is InChI=1S/C17H14Cl2N6/c18-15-2-1-12(16(19)24-15)8-25-4-3-11-7-22-17(23-14(11)9-25)13-5-20-10-21-6-13/h1-2,5-7,10H,3-4,8-9H2. The van der Waals surface area contributed by atoms with E-state index in [0.29, 0.717) is 22.7 Å². The Labute approximate surface area is 154 Å². The molecular weight excluding hydrogens is 359 g/mol. The van der Waals surface area contributed by atoms with Crippen LogP contribution in [0, 0.1) is 0 Å². The van der Waals surface area contributed by atoms with Gasteiger partial charge in [0.05, 0.1) is 11.3 Å². The molecule has 4 heterocycles. The van der Waals surface area contributed by atoms with Gasteiger partial charge in [-0.25, -0.2) is 24.9 Å². The van der Waals surface area contributed by atoms with Gasteiger partial charge in [0.25, 0.3) is 0 Å². The van der Waals surface area contributed by atoms with Crippen molar-refractivity contribution in [2.45, 2.75) is 19.5 Å². The van der Waals surface area contributed by atoms with Crippen molar-refractivity contribution in [3.8, 4) is 11.4 Å². The lowest BCUT2D eigenvalue weighted by molar-refractivity contribution is 0.241. The maximum absolute atomic E-state index is 6.19. The summed E-state index contributed by atoms with van der Waals surface area (Å²) in [5.41, 5.74) is 3.97. The summed E-state index contributed by atoms with van der Waals surface area (Å²) in [6.07, 6.45) is 7.73. The van der Waals surface area contributed by atoms with Crippen molar-refractivity contribution in [1.29, 1.82) is 0 Å². The molecule has 0 saturated heterocycles. The van der Waals surface area contributed by atoms with Crippen LogP contribution in [0.4, 0.5) is 0 Å². The first-order valence-corrected chi connectivity index (χ1v) is 8.58. The van der Waals surface area contributed by atoms with E-state index in [1.807, 2.05) is 12.3 Å². The largest absolute Gasteiger partial charge is 0.293 e. The first-order chi connectivity index (χ1) is 12.2. The first kappa shape index (κ1) is 16.3. The van der Waals surface area contributed by atoms with E-state index in [9.17, 15) is 0 Å². The molecule has 0 aromatic carbocycles. The van der Waals surface area contributed by atoms with E-state index in [0.717, 1.165) is 36.3 Å². The molecule has 3 aromatic rings. The topological polar surface area (TPSA) is 67.7 Å². The number of fused-ring (bicyclic) bond motifs is 1. The lowest BCUT2D eigenvalue weighted by Gasteiger charge is -2.28. The van der Waals surface area contributed by atoms with Crippen LogP contribution in [0.5, 0.6) is 0 Å². The van der Waals surface area contributed by atoms with E-state index in [1.165, 1.54) is 11.9 Å². The van der Waals surface area contributed by atoms with Crippen LogP contribution in [0.25, 0.3) is 11.4 Å². The van der Waals surface area contributed by atoms with Crippen molar-refractivity contribution < 1.29 is 0 Å². The van der Waals surface area contributed by atoms with Gasteiger partial charge < -0.3 is 0 Å². The van der Waals surface area contributed by atoms with E-state index < -0.39 is 0 Å². The lowest BCUT2D eigenvalue weighted by atomic mass is 10.1. The molecule has 6 nitrogen and oxygen atoms in total. The number of nitrogens with zero attached hydrogens (tertiary/aromatic N) is 6. The maximum atomic E-state index is 6.19. The van der Waals surface area contributed by atoms with Gasteiger partial charge in [0.15, 0.2) is 5.82 Å². The van der Waals surface area contributed by atoms with Gasteiger partial charge in [-0.1, -0.05) is 29.3 Å². The molecule has 4 rings (SSSR count). The van der Waals surface area contributed by atoms with Gasteiger partial charge in [-0.15, -0.1) is 0 Å². The molecule has 0 spiro atoms. The molecule has 0 saturated carbocycles. The number of hydrogen-bond donors (Lipinski definition) is 0. The Morgan fingerprint density at radius 2 is 1.88 bits per heavy atom. The van der Waals surface area contributed by atoms with Gasteiger partial charge >= 0.3 is 0 Å². The highest BCUT2D eigenvalue weighted by atomic mass is 35.5. The second kappa shape index (κ2) is 7.00. The molecule has 0 atom stereocenters. The SMILES string of the molecule is Clc1ccc(CN2CCc3cnc(-c4cncnc4)nc3C2)c(Cl)n1. The minimum Gasteiger partial charge on any atom is -0.293 e. The smallest absolute Gasteiger partial charge is 0.162 e. The number of hydrogen-bond acceptors (Lipinski definition) is 6. The second-order valence-electron chi connectivity index (χ2n) is 5.84. The number of pyridine rings is 1. The van der Waals surface area contributed by atoms with Crippen molar-refractivity contribution in [2.24, 2.45) is 0 Å². The highest BCUT2D eigenvalue weighted by molar-refractivity contribution is 6.32. The van der Waals surface area contributed by atoms with Gasteiger partial charge in [0.2, 0.25) is 0 Å². The predicted octanol–water partition coefficient (Wildman–Crippen LogP) is 3.19. The Balaban J connectivity index is 1.56. The van der Waals surface area contributed by atoms with E-state index >= 15 is 0 Å². The quantitative estimate of drug-likeness (QED) is 0.657. The van der Waals surface area contributed by atoms with Crippen molar-refractivity contribution in [1.82, 2.24) is 29.8 Å². The van der Waals surface area contributed by atoms with Crippen LogP contribution < -0.4 is 0 Å². The molecule has 126 valence electrons. The van der Waals surface area contributed by atoms with Crippen LogP contribution in [0.15, 0.2) is 37.1 Å². The highest BCUT2D eigenvalue weighted by Gasteiger charge is 2.20. The fraction of sp³-hybridized carbons (Fsp3) is 0.235. The van der Waals surface area contributed by atoms with E-state index in [1.54, 1.807) is 18.5 Å². The van der Waals surface area contributed by atoms with Crippen LogP contribution in [0.1, 0.15) is 16.8 Å². The molecule has 0 fully saturated rings. The molecule has 0 aliphatic carbocycles. The normalized spacial score (nSPS) is 14.3. The van der Waals surface area contributed by atoms with Gasteiger partial charge in [0.1, 0.15) is 16.6 Å². The summed E-state index contributed by atoms with van der Waals surface area (Å²) < 4.78 is 0. The monoisotopic (exact) mass is 372 g/mol. The van der Waals surface area contributed by atoms with Crippen molar-refractivity contribution in [3.05, 3.63) is 64.2 Å². The number of aromatic nitrogens is 5. The van der Waals surface area contributed by atoms with Crippen molar-refractivity contribution in [2.75, 3.05) is 6.54 Å². The Kier molecular flexibility index (Phi) is 4.57. The van der Waals surface area contributed by atoms with E-state index in [-0.39, 0.29) is 0 Å². The predicted molar refractivity (Wildman–Crippen MR) is 95.1 cm³/mol. The molecule has 25 heavy (non-hydrogen) atoms. The highest BCUT2D eigenvalue weighted by Crippen LogP contribution is 2.24. The molecule has 0 bridgehead atoms. The molecule has 3 aromatic heterocycles. The fourth-order valence-electron chi connectivity index (χ4n) is 2.85. The first-order valence-electron chi connectivity index (χ1n) is 7.82. The van der Waals surface area contributed by atoms with E-state index in [2.05, 4.69) is 24.8 Å². The van der Waals surface area contributed by atoms with E-state index in [4.69, 9.17) is 28.2 Å². The average Bonchev–Trinajstić information content (AvgIpc) is 2.64. The molecule has 0 radical (unpaired) electrons. The number of halogens is 2. The molecule has 1 aliphatic heterocycles. The minimum atomic E-state index is 0.403. The molecule has 8 heteroatoms. The van der Waals surface area contributed by atoms with Crippen molar-refractivity contribution >= 4 is 23.2 Å². The zero-order valence-corrected chi connectivity index (χ0v) is 14.7. The van der Waals surface area contributed by atoms with Crippen LogP contribution in [-0.2, 0) is 19.5 Å². The summed E-state index contributed by atoms with van der Waals surface area (Å²) in [5.74, 6) is 0.646. The lowest BCUT2D eigenvalue weighted by Crippen LogP contribution is -2.31. The van der Waals surface area contributed by atoms with Gasteiger partial charge in [0, 0.05) is 43.8 Å². The molecular formula is C17H14Cl2N6. The van der Waals surface area contributed by atoms with Crippen LogP contribution >= 0.6 is 23.2 Å². The Morgan fingerprint density at radius 1 is 1.04 bits per heavy atom. The Bertz CT molecular complexity index is 903. The summed E-state index contributed by atoms with van der Waals surface area (Å²) in [6, 6.07) is 3.68. The number of rotatable bonds is 3. The fourth-order valence-corrected chi connectivity index (χ4v) is 3.25. The summed E-state index contributed by atoms with van der Waals surface area (Å²) in [7, 11) is 0. The van der Waals surface area contributed by atoms with Gasteiger partial charge in [-0.2, -0.15) is 0 Å². The van der Waals surface area contributed by atoms with Crippen LogP contribution in [-0.4, -0.2) is 36.4 Å². The van der Waals surface area contributed by atoms with Crippen LogP contribution in [0.3, 0.4) is 0 Å². The molecule has 1 aliphatic rings. The Morgan fingerprint density at radius 3 is 2.68 bits per heavy atom. The van der Waals surface area contributed by atoms with Gasteiger partial charge in [-0.3, -0.25) is 4.90 Å². The zero-order valence-electron chi connectivity index (χ0n) is 13.2. The van der Waals surface area contributed by atoms with Crippen LogP contribution in [0.2, 0.25) is 10.3 Å². The maximum Gasteiger partial charge on any atom is 0.162 e.